The van der Waals surface area contributed by atoms with E-state index in [0.29, 0.717) is 16.2 Å². The van der Waals surface area contributed by atoms with Crippen LogP contribution in [0.25, 0.3) is 0 Å². The van der Waals surface area contributed by atoms with Gasteiger partial charge in [0, 0.05) is 39.0 Å². The van der Waals surface area contributed by atoms with E-state index in [9.17, 15) is 13.4 Å². The van der Waals surface area contributed by atoms with Crippen LogP contribution in [0.4, 0.5) is 4.39 Å². The molecule has 126 valence electrons. The Morgan fingerprint density at radius 2 is 2.12 bits per heavy atom. The van der Waals surface area contributed by atoms with E-state index in [2.05, 4.69) is 5.32 Å². The highest BCUT2D eigenvalue weighted by Gasteiger charge is 2.24. The number of nitrogens with one attached hydrogen (secondary N) is 1. The van der Waals surface area contributed by atoms with Crippen molar-refractivity contribution in [2.75, 3.05) is 12.0 Å². The number of halogens is 1. The summed E-state index contributed by atoms with van der Waals surface area (Å²) in [5.41, 5.74) is 2.24. The Labute approximate surface area is 147 Å². The van der Waals surface area contributed by atoms with Crippen molar-refractivity contribution in [2.45, 2.75) is 23.1 Å². The maximum Gasteiger partial charge on any atom is 0.251 e. The molecule has 24 heavy (non-hydrogen) atoms. The molecule has 0 saturated carbocycles. The lowest BCUT2D eigenvalue weighted by molar-refractivity contribution is 0.0934. The number of hydrogen-bond donors (Lipinski definition) is 1. The molecule has 0 spiro atoms. The second-order valence-corrected chi connectivity index (χ2v) is 8.28. The summed E-state index contributed by atoms with van der Waals surface area (Å²) in [6.45, 7) is 0. The second-order valence-electron chi connectivity index (χ2n) is 5.74. The normalized spacial score (nSPS) is 17.8. The molecule has 1 aliphatic rings. The fourth-order valence-corrected chi connectivity index (χ4v) is 4.60. The standard InChI is InChI=1S/C18H18FNO2S2/c1-24(22)11-12-4-2-5-13(10-12)18(21)20-16-8-9-23-17-14(16)6-3-7-15(17)19/h2-7,10,16H,8-9,11H2,1H3,(H,20,21). The molecule has 0 bridgehead atoms. The highest BCUT2D eigenvalue weighted by Crippen LogP contribution is 2.37. The first-order valence-corrected chi connectivity index (χ1v) is 10.4. The molecule has 3 nitrogen and oxygen atoms in total. The average molecular weight is 363 g/mol. The number of thioether (sulfide) groups is 1. The highest BCUT2D eigenvalue weighted by atomic mass is 32.2. The summed E-state index contributed by atoms with van der Waals surface area (Å²) in [5.74, 6) is 0.776. The molecule has 3 rings (SSSR count). The van der Waals surface area contributed by atoms with Gasteiger partial charge in [-0.2, -0.15) is 0 Å². The molecule has 1 heterocycles. The Morgan fingerprint density at radius 3 is 2.92 bits per heavy atom. The summed E-state index contributed by atoms with van der Waals surface area (Å²) in [4.78, 5) is 13.2. The van der Waals surface area contributed by atoms with Gasteiger partial charge in [-0.05, 0) is 35.7 Å². The van der Waals surface area contributed by atoms with E-state index in [0.717, 1.165) is 23.3 Å². The Bertz CT molecular complexity index is 794. The van der Waals surface area contributed by atoms with Gasteiger partial charge in [0.2, 0.25) is 0 Å². The largest absolute Gasteiger partial charge is 0.345 e. The summed E-state index contributed by atoms with van der Waals surface area (Å²) in [6.07, 6.45) is 2.41. The third-order valence-corrected chi connectivity index (χ3v) is 5.79. The number of carbonyl (C=O) groups is 1. The van der Waals surface area contributed by atoms with Crippen LogP contribution in [0.3, 0.4) is 0 Å². The molecule has 2 aromatic carbocycles. The van der Waals surface area contributed by atoms with Crippen molar-refractivity contribution in [3.63, 3.8) is 0 Å². The fourth-order valence-electron chi connectivity index (χ4n) is 2.82. The van der Waals surface area contributed by atoms with Crippen molar-refractivity contribution in [3.8, 4) is 0 Å². The number of benzene rings is 2. The molecule has 2 unspecified atom stereocenters. The van der Waals surface area contributed by atoms with Crippen LogP contribution in [0.1, 0.15) is 33.9 Å². The van der Waals surface area contributed by atoms with Gasteiger partial charge in [-0.25, -0.2) is 4.39 Å². The lowest BCUT2D eigenvalue weighted by Gasteiger charge is -2.26. The molecular formula is C18H18FNO2S2. The summed E-state index contributed by atoms with van der Waals surface area (Å²) in [7, 11) is -0.953. The van der Waals surface area contributed by atoms with E-state index < -0.39 is 10.8 Å². The van der Waals surface area contributed by atoms with E-state index >= 15 is 0 Å². The van der Waals surface area contributed by atoms with E-state index in [1.807, 2.05) is 12.1 Å². The van der Waals surface area contributed by atoms with Gasteiger partial charge in [-0.3, -0.25) is 9.00 Å². The van der Waals surface area contributed by atoms with Gasteiger partial charge >= 0.3 is 0 Å². The Kier molecular flexibility index (Phi) is 5.36. The van der Waals surface area contributed by atoms with Crippen LogP contribution < -0.4 is 5.32 Å². The van der Waals surface area contributed by atoms with Crippen molar-refractivity contribution in [2.24, 2.45) is 0 Å². The molecule has 1 amide bonds. The van der Waals surface area contributed by atoms with Crippen LogP contribution in [0.5, 0.6) is 0 Å². The van der Waals surface area contributed by atoms with Crippen molar-refractivity contribution in [1.29, 1.82) is 0 Å². The molecule has 0 radical (unpaired) electrons. The first-order valence-electron chi connectivity index (χ1n) is 7.65. The van der Waals surface area contributed by atoms with Crippen LogP contribution in [-0.4, -0.2) is 22.1 Å². The SMILES string of the molecule is CS(=O)Cc1cccc(C(=O)NC2CCSc3c(F)cccc32)c1. The zero-order valence-corrected chi connectivity index (χ0v) is 14.9. The molecule has 0 saturated heterocycles. The van der Waals surface area contributed by atoms with E-state index in [4.69, 9.17) is 0 Å². The molecule has 1 N–H and O–H groups in total. The third kappa shape index (κ3) is 3.87. The second kappa shape index (κ2) is 7.49. The Balaban J connectivity index is 1.79. The van der Waals surface area contributed by atoms with Gasteiger partial charge in [-0.15, -0.1) is 11.8 Å². The first-order chi connectivity index (χ1) is 11.5. The topological polar surface area (TPSA) is 46.2 Å². The van der Waals surface area contributed by atoms with E-state index in [1.165, 1.54) is 17.8 Å². The van der Waals surface area contributed by atoms with Crippen LogP contribution in [0.15, 0.2) is 47.4 Å². The zero-order chi connectivity index (χ0) is 17.1. The smallest absolute Gasteiger partial charge is 0.251 e. The number of hydrogen-bond acceptors (Lipinski definition) is 3. The summed E-state index contributed by atoms with van der Waals surface area (Å²) >= 11 is 1.49. The quantitative estimate of drug-likeness (QED) is 0.901. The molecule has 0 aromatic heterocycles. The van der Waals surface area contributed by atoms with Gasteiger partial charge in [0.15, 0.2) is 0 Å². The first kappa shape index (κ1) is 17.2. The van der Waals surface area contributed by atoms with Gasteiger partial charge < -0.3 is 5.32 Å². The predicted molar refractivity (Wildman–Crippen MR) is 96.2 cm³/mol. The van der Waals surface area contributed by atoms with Crippen LogP contribution in [0.2, 0.25) is 0 Å². The molecule has 0 fully saturated rings. The van der Waals surface area contributed by atoms with Crippen molar-refractivity contribution in [1.82, 2.24) is 5.32 Å². The highest BCUT2D eigenvalue weighted by molar-refractivity contribution is 7.99. The van der Waals surface area contributed by atoms with Crippen LogP contribution in [0, 0.1) is 5.82 Å². The monoisotopic (exact) mass is 363 g/mol. The molecule has 0 aliphatic carbocycles. The molecule has 2 atom stereocenters. The predicted octanol–water partition coefficient (Wildman–Crippen LogP) is 3.67. The van der Waals surface area contributed by atoms with Crippen molar-refractivity contribution >= 4 is 28.5 Å². The van der Waals surface area contributed by atoms with Crippen LogP contribution >= 0.6 is 11.8 Å². The fraction of sp³-hybridized carbons (Fsp3) is 0.278. The minimum Gasteiger partial charge on any atom is -0.345 e. The maximum absolute atomic E-state index is 13.9. The number of amides is 1. The van der Waals surface area contributed by atoms with E-state index in [1.54, 1.807) is 30.5 Å². The molecular weight excluding hydrogens is 345 g/mol. The van der Waals surface area contributed by atoms with Crippen molar-refractivity contribution < 1.29 is 13.4 Å². The van der Waals surface area contributed by atoms with Gasteiger partial charge in [-0.1, -0.05) is 24.3 Å². The summed E-state index contributed by atoms with van der Waals surface area (Å²) in [5, 5.41) is 3.00. The van der Waals surface area contributed by atoms with Gasteiger partial charge in [0.1, 0.15) is 5.82 Å². The molecule has 6 heteroatoms. The summed E-state index contributed by atoms with van der Waals surface area (Å²) < 4.78 is 25.3. The van der Waals surface area contributed by atoms with Gasteiger partial charge in [0.05, 0.1) is 6.04 Å². The van der Waals surface area contributed by atoms with Crippen molar-refractivity contribution in [3.05, 3.63) is 65.0 Å². The maximum atomic E-state index is 13.9. The van der Waals surface area contributed by atoms with E-state index in [-0.39, 0.29) is 17.8 Å². The molecule has 1 aliphatic heterocycles. The summed E-state index contributed by atoms with van der Waals surface area (Å²) in [6, 6.07) is 12.0. The number of rotatable bonds is 4. The zero-order valence-electron chi connectivity index (χ0n) is 13.3. The minimum atomic E-state index is -0.953. The number of fused-ring (bicyclic) bond motifs is 1. The Hall–Kier alpha value is -1.66. The minimum absolute atomic E-state index is 0.187. The number of carbonyl (C=O) groups excluding carboxylic acids is 1. The average Bonchev–Trinajstić information content (AvgIpc) is 2.55. The third-order valence-electron chi connectivity index (χ3n) is 3.89. The lowest BCUT2D eigenvalue weighted by Crippen LogP contribution is -2.31. The van der Waals surface area contributed by atoms with Crippen LogP contribution in [-0.2, 0) is 16.6 Å². The van der Waals surface area contributed by atoms with Gasteiger partial charge in [0.25, 0.3) is 5.91 Å². The lowest BCUT2D eigenvalue weighted by atomic mass is 10.0. The Morgan fingerprint density at radius 1 is 1.33 bits per heavy atom. The molecule has 2 aromatic rings.